The van der Waals surface area contributed by atoms with Gasteiger partial charge in [-0.3, -0.25) is 0 Å². The molecule has 0 bridgehead atoms. The van der Waals surface area contributed by atoms with Gasteiger partial charge >= 0.3 is 0 Å². The van der Waals surface area contributed by atoms with Crippen LogP contribution in [-0.4, -0.2) is 56.1 Å². The van der Waals surface area contributed by atoms with Crippen LogP contribution in [0.1, 0.15) is 40.0 Å². The monoisotopic (exact) mass is 276 g/mol. The minimum atomic E-state index is -3.04. The number of rotatable bonds is 6. The Balaban J connectivity index is 2.43. The molecule has 0 saturated carbocycles. The molecule has 0 aromatic rings. The third-order valence-corrected chi connectivity index (χ3v) is 5.13. The van der Waals surface area contributed by atoms with Crippen LogP contribution in [0.3, 0.4) is 0 Å². The first-order valence-electron chi connectivity index (χ1n) is 7.03. The average Bonchev–Trinajstić information content (AvgIpc) is 2.27. The summed E-state index contributed by atoms with van der Waals surface area (Å²) in [5, 5.41) is 0. The maximum Gasteiger partial charge on any atom is 0.211 e. The number of hydrogen-bond donors (Lipinski definition) is 0. The molecule has 1 fully saturated rings. The Labute approximate surface area is 112 Å². The quantitative estimate of drug-likeness (QED) is 0.742. The summed E-state index contributed by atoms with van der Waals surface area (Å²) < 4.78 is 25.0. The zero-order valence-corrected chi connectivity index (χ0v) is 13.0. The first kappa shape index (κ1) is 15.9. The molecule has 5 heteroatoms. The van der Waals surface area contributed by atoms with E-state index in [1.807, 2.05) is 6.92 Å². The number of likely N-dealkylation sites (tertiary alicyclic amines) is 1. The molecule has 0 radical (unpaired) electrons. The van der Waals surface area contributed by atoms with Crippen molar-refractivity contribution in [2.24, 2.45) is 5.92 Å². The lowest BCUT2D eigenvalue weighted by Gasteiger charge is -2.37. The van der Waals surface area contributed by atoms with Crippen LogP contribution in [0.15, 0.2) is 0 Å². The summed E-state index contributed by atoms with van der Waals surface area (Å²) in [7, 11) is -3.04. The molecule has 1 saturated heterocycles. The van der Waals surface area contributed by atoms with Gasteiger partial charge in [-0.25, -0.2) is 8.42 Å². The summed E-state index contributed by atoms with van der Waals surface area (Å²) in [5.41, 5.74) is 0. The van der Waals surface area contributed by atoms with Gasteiger partial charge in [-0.1, -0.05) is 20.8 Å². The van der Waals surface area contributed by atoms with Crippen molar-refractivity contribution in [3.63, 3.8) is 0 Å². The van der Waals surface area contributed by atoms with Gasteiger partial charge in [0.1, 0.15) is 0 Å². The molecule has 0 aromatic heterocycles. The number of sulfonamides is 1. The summed E-state index contributed by atoms with van der Waals surface area (Å²) in [4.78, 5) is 2.46. The van der Waals surface area contributed by atoms with E-state index in [-0.39, 0.29) is 6.04 Å². The highest BCUT2D eigenvalue weighted by Crippen LogP contribution is 2.19. The molecule has 4 nitrogen and oxygen atoms in total. The van der Waals surface area contributed by atoms with Crippen molar-refractivity contribution in [3.8, 4) is 0 Å². The molecule has 1 heterocycles. The van der Waals surface area contributed by atoms with Gasteiger partial charge in [0.05, 0.1) is 6.26 Å². The van der Waals surface area contributed by atoms with Crippen molar-refractivity contribution in [1.82, 2.24) is 9.21 Å². The molecule has 0 amide bonds. The van der Waals surface area contributed by atoms with Crippen molar-refractivity contribution >= 4 is 10.0 Å². The van der Waals surface area contributed by atoms with Gasteiger partial charge in [0, 0.05) is 12.6 Å². The van der Waals surface area contributed by atoms with E-state index in [1.165, 1.54) is 12.7 Å². The summed E-state index contributed by atoms with van der Waals surface area (Å²) in [5.74, 6) is 0.742. The Bertz CT molecular complexity index is 333. The third-order valence-electron chi connectivity index (χ3n) is 3.72. The summed E-state index contributed by atoms with van der Waals surface area (Å²) in [6, 6.07) is 0.209. The van der Waals surface area contributed by atoms with E-state index in [9.17, 15) is 8.42 Å². The molecule has 0 spiro atoms. The average molecular weight is 276 g/mol. The molecule has 18 heavy (non-hydrogen) atoms. The van der Waals surface area contributed by atoms with E-state index in [0.717, 1.165) is 38.4 Å². The standard InChI is InChI=1S/C13H28N2O2S/c1-5-15(18(4,16)17)13-7-10-14(11-8-13)9-6-12(2)3/h12-13H,5-11H2,1-4H3. The molecule has 1 aliphatic rings. The highest BCUT2D eigenvalue weighted by molar-refractivity contribution is 7.88. The molecule has 0 atom stereocenters. The van der Waals surface area contributed by atoms with Gasteiger partial charge in [-0.15, -0.1) is 0 Å². The van der Waals surface area contributed by atoms with Crippen LogP contribution in [0.2, 0.25) is 0 Å². The van der Waals surface area contributed by atoms with Crippen LogP contribution in [0, 0.1) is 5.92 Å². The van der Waals surface area contributed by atoms with Crippen molar-refractivity contribution in [2.75, 3.05) is 32.4 Å². The van der Waals surface area contributed by atoms with Crippen molar-refractivity contribution in [1.29, 1.82) is 0 Å². The van der Waals surface area contributed by atoms with Crippen LogP contribution in [0.25, 0.3) is 0 Å². The Kier molecular flexibility index (Phi) is 6.08. The van der Waals surface area contributed by atoms with Gasteiger partial charge in [0.25, 0.3) is 0 Å². The SMILES string of the molecule is CCN(C1CCN(CCC(C)C)CC1)S(C)(=O)=O. The molecule has 0 unspecified atom stereocenters. The van der Waals surface area contributed by atoms with Crippen LogP contribution >= 0.6 is 0 Å². The van der Waals surface area contributed by atoms with Crippen molar-refractivity contribution < 1.29 is 8.42 Å². The van der Waals surface area contributed by atoms with Gasteiger partial charge in [-0.2, -0.15) is 4.31 Å². The summed E-state index contributed by atoms with van der Waals surface area (Å²) in [6.45, 7) is 10.2. The van der Waals surface area contributed by atoms with E-state index in [0.29, 0.717) is 6.54 Å². The number of hydrogen-bond acceptors (Lipinski definition) is 3. The Morgan fingerprint density at radius 2 is 1.83 bits per heavy atom. The molecular weight excluding hydrogens is 248 g/mol. The van der Waals surface area contributed by atoms with Gasteiger partial charge in [0.2, 0.25) is 10.0 Å². The lowest BCUT2D eigenvalue weighted by Crippen LogP contribution is -2.47. The molecule has 0 N–H and O–H groups in total. The third kappa shape index (κ3) is 4.86. The fourth-order valence-electron chi connectivity index (χ4n) is 2.64. The van der Waals surface area contributed by atoms with Crippen LogP contribution < -0.4 is 0 Å². The first-order chi connectivity index (χ1) is 8.34. The van der Waals surface area contributed by atoms with Crippen LogP contribution in [-0.2, 0) is 10.0 Å². The molecule has 0 aliphatic carbocycles. The predicted octanol–water partition coefficient (Wildman–Crippen LogP) is 1.78. The fourth-order valence-corrected chi connectivity index (χ4v) is 3.86. The fraction of sp³-hybridized carbons (Fsp3) is 1.00. The van der Waals surface area contributed by atoms with E-state index in [4.69, 9.17) is 0 Å². The lowest BCUT2D eigenvalue weighted by molar-refractivity contribution is 0.156. The van der Waals surface area contributed by atoms with E-state index < -0.39 is 10.0 Å². The molecule has 1 rings (SSSR count). The number of nitrogens with zero attached hydrogens (tertiary/aromatic N) is 2. The second-order valence-electron chi connectivity index (χ2n) is 5.72. The summed E-state index contributed by atoms with van der Waals surface area (Å²) >= 11 is 0. The van der Waals surface area contributed by atoms with Crippen molar-refractivity contribution in [2.45, 2.75) is 46.1 Å². The largest absolute Gasteiger partial charge is 0.303 e. The normalized spacial score (nSPS) is 19.9. The maximum atomic E-state index is 11.7. The zero-order chi connectivity index (χ0) is 13.8. The van der Waals surface area contributed by atoms with E-state index in [1.54, 1.807) is 4.31 Å². The Morgan fingerprint density at radius 3 is 2.22 bits per heavy atom. The summed E-state index contributed by atoms with van der Waals surface area (Å²) in [6.07, 6.45) is 4.49. The second-order valence-corrected chi connectivity index (χ2v) is 7.66. The van der Waals surface area contributed by atoms with Crippen LogP contribution in [0.5, 0.6) is 0 Å². The van der Waals surface area contributed by atoms with Crippen molar-refractivity contribution in [3.05, 3.63) is 0 Å². The van der Waals surface area contributed by atoms with Gasteiger partial charge < -0.3 is 4.90 Å². The minimum absolute atomic E-state index is 0.209. The van der Waals surface area contributed by atoms with E-state index >= 15 is 0 Å². The first-order valence-corrected chi connectivity index (χ1v) is 8.88. The maximum absolute atomic E-state index is 11.7. The van der Waals surface area contributed by atoms with Crippen LogP contribution in [0.4, 0.5) is 0 Å². The minimum Gasteiger partial charge on any atom is -0.303 e. The Morgan fingerprint density at radius 1 is 1.28 bits per heavy atom. The predicted molar refractivity (Wildman–Crippen MR) is 76.1 cm³/mol. The second kappa shape index (κ2) is 6.87. The Hall–Kier alpha value is -0.130. The lowest BCUT2D eigenvalue weighted by atomic mass is 10.0. The highest BCUT2D eigenvalue weighted by Gasteiger charge is 2.28. The van der Waals surface area contributed by atoms with E-state index in [2.05, 4.69) is 18.7 Å². The van der Waals surface area contributed by atoms with Gasteiger partial charge in [0.15, 0.2) is 0 Å². The molecule has 0 aromatic carbocycles. The molecular formula is C13H28N2O2S. The highest BCUT2D eigenvalue weighted by atomic mass is 32.2. The smallest absolute Gasteiger partial charge is 0.211 e. The van der Waals surface area contributed by atoms with Gasteiger partial charge in [-0.05, 0) is 44.8 Å². The molecule has 108 valence electrons. The topological polar surface area (TPSA) is 40.6 Å². The molecule has 1 aliphatic heterocycles. The zero-order valence-electron chi connectivity index (χ0n) is 12.2. The number of piperidine rings is 1.